The van der Waals surface area contributed by atoms with Gasteiger partial charge in [-0.1, -0.05) is 15.9 Å². The molecule has 1 aromatic carbocycles. The summed E-state index contributed by atoms with van der Waals surface area (Å²) in [6.07, 6.45) is 0. The Morgan fingerprint density at radius 2 is 2.06 bits per heavy atom. The lowest BCUT2D eigenvalue weighted by molar-refractivity contribution is -0.120. The fourth-order valence-electron chi connectivity index (χ4n) is 1.21. The van der Waals surface area contributed by atoms with Gasteiger partial charge in [0.05, 0.1) is 12.1 Å². The van der Waals surface area contributed by atoms with Crippen LogP contribution in [-0.2, 0) is 4.79 Å². The predicted molar refractivity (Wildman–Crippen MR) is 66.8 cm³/mol. The molecule has 0 aromatic heterocycles. The second-order valence-electron chi connectivity index (χ2n) is 3.30. The minimum absolute atomic E-state index is 0.109. The monoisotopic (exact) mass is 300 g/mol. The molecule has 0 aliphatic carbocycles. The number of phenolic OH excluding ortho intramolecular Hbond substituents is 1. The first-order valence-corrected chi connectivity index (χ1v) is 5.87. The molecule has 5 nitrogen and oxygen atoms in total. The van der Waals surface area contributed by atoms with Crippen LogP contribution in [-0.4, -0.2) is 30.0 Å². The number of rotatable bonds is 4. The zero-order valence-corrected chi connectivity index (χ0v) is 10.9. The molecule has 1 rings (SSSR count). The molecule has 2 amide bonds. The van der Waals surface area contributed by atoms with E-state index in [0.29, 0.717) is 11.0 Å². The van der Waals surface area contributed by atoms with Crippen LogP contribution in [0.3, 0.4) is 0 Å². The normalized spacial score (nSPS) is 9.76. The van der Waals surface area contributed by atoms with Crippen LogP contribution in [0.5, 0.6) is 5.75 Å². The summed E-state index contributed by atoms with van der Waals surface area (Å²) in [5.74, 6) is -0.883. The molecule has 0 atom stereocenters. The number of likely N-dealkylation sites (N-methyl/N-ethyl adjacent to an activating group) is 1. The van der Waals surface area contributed by atoms with Crippen molar-refractivity contribution in [2.75, 3.05) is 13.1 Å². The summed E-state index contributed by atoms with van der Waals surface area (Å²) in [4.78, 5) is 22.7. The van der Waals surface area contributed by atoms with Crippen molar-refractivity contribution in [2.24, 2.45) is 0 Å². The van der Waals surface area contributed by atoms with E-state index in [-0.39, 0.29) is 23.8 Å². The molecule has 0 fully saturated rings. The first-order valence-electron chi connectivity index (χ1n) is 5.08. The number of benzene rings is 1. The fourth-order valence-corrected chi connectivity index (χ4v) is 1.56. The van der Waals surface area contributed by atoms with E-state index in [1.807, 2.05) is 0 Å². The number of phenols is 1. The summed E-state index contributed by atoms with van der Waals surface area (Å²) < 4.78 is 0.676. The van der Waals surface area contributed by atoms with Crippen molar-refractivity contribution >= 4 is 27.7 Å². The average molecular weight is 301 g/mol. The Bertz CT molecular complexity index is 435. The summed E-state index contributed by atoms with van der Waals surface area (Å²) in [6, 6.07) is 4.54. The molecule has 92 valence electrons. The van der Waals surface area contributed by atoms with Crippen LogP contribution in [0.15, 0.2) is 22.7 Å². The van der Waals surface area contributed by atoms with E-state index in [0.717, 1.165) is 0 Å². The molecule has 0 radical (unpaired) electrons. The third kappa shape index (κ3) is 4.07. The van der Waals surface area contributed by atoms with Crippen molar-refractivity contribution in [1.82, 2.24) is 10.6 Å². The van der Waals surface area contributed by atoms with Gasteiger partial charge in [0, 0.05) is 11.0 Å². The standard InChI is InChI=1S/C11H13BrN2O3/c1-2-13-10(16)6-14-11(17)8-4-3-7(12)5-9(8)15/h3-5,15H,2,6H2,1H3,(H,13,16)(H,14,17). The molecule has 0 unspecified atom stereocenters. The number of hydrogen-bond acceptors (Lipinski definition) is 3. The van der Waals surface area contributed by atoms with Gasteiger partial charge in [0.25, 0.3) is 5.91 Å². The lowest BCUT2D eigenvalue weighted by atomic mass is 10.2. The van der Waals surface area contributed by atoms with Crippen LogP contribution in [0.4, 0.5) is 0 Å². The van der Waals surface area contributed by atoms with E-state index in [9.17, 15) is 14.7 Å². The number of halogens is 1. The van der Waals surface area contributed by atoms with E-state index >= 15 is 0 Å². The van der Waals surface area contributed by atoms with Crippen LogP contribution in [0, 0.1) is 0 Å². The quantitative estimate of drug-likeness (QED) is 0.777. The maximum atomic E-state index is 11.6. The van der Waals surface area contributed by atoms with Crippen molar-refractivity contribution < 1.29 is 14.7 Å². The molecule has 0 spiro atoms. The van der Waals surface area contributed by atoms with E-state index in [1.54, 1.807) is 13.0 Å². The number of aromatic hydroxyl groups is 1. The highest BCUT2D eigenvalue weighted by molar-refractivity contribution is 9.10. The van der Waals surface area contributed by atoms with Gasteiger partial charge in [0.15, 0.2) is 0 Å². The van der Waals surface area contributed by atoms with Crippen LogP contribution in [0.2, 0.25) is 0 Å². The third-order valence-electron chi connectivity index (χ3n) is 1.99. The van der Waals surface area contributed by atoms with Crippen molar-refractivity contribution in [1.29, 1.82) is 0 Å². The Morgan fingerprint density at radius 3 is 2.65 bits per heavy atom. The maximum Gasteiger partial charge on any atom is 0.255 e. The SMILES string of the molecule is CCNC(=O)CNC(=O)c1ccc(Br)cc1O. The Kier molecular flexibility index (Phi) is 4.96. The summed E-state index contributed by atoms with van der Waals surface area (Å²) in [6.45, 7) is 2.20. The second-order valence-corrected chi connectivity index (χ2v) is 4.21. The zero-order chi connectivity index (χ0) is 12.8. The topological polar surface area (TPSA) is 78.4 Å². The lowest BCUT2D eigenvalue weighted by Gasteiger charge is -2.07. The highest BCUT2D eigenvalue weighted by atomic mass is 79.9. The lowest BCUT2D eigenvalue weighted by Crippen LogP contribution is -2.36. The molecule has 3 N–H and O–H groups in total. The zero-order valence-electron chi connectivity index (χ0n) is 9.29. The molecule has 6 heteroatoms. The van der Waals surface area contributed by atoms with Crippen LogP contribution >= 0.6 is 15.9 Å². The van der Waals surface area contributed by atoms with Gasteiger partial charge < -0.3 is 15.7 Å². The van der Waals surface area contributed by atoms with Gasteiger partial charge in [0.1, 0.15) is 5.75 Å². The number of carbonyl (C=O) groups is 2. The third-order valence-corrected chi connectivity index (χ3v) is 2.48. The van der Waals surface area contributed by atoms with Gasteiger partial charge in [0.2, 0.25) is 5.91 Å². The molecular formula is C11H13BrN2O3. The summed E-state index contributed by atoms with van der Waals surface area (Å²) in [7, 11) is 0. The molecule has 0 aliphatic rings. The molecule has 1 aromatic rings. The van der Waals surface area contributed by atoms with Crippen molar-refractivity contribution in [3.8, 4) is 5.75 Å². The second kappa shape index (κ2) is 6.24. The molecule has 0 aliphatic heterocycles. The number of carbonyl (C=O) groups excluding carboxylic acids is 2. The largest absolute Gasteiger partial charge is 0.507 e. The van der Waals surface area contributed by atoms with E-state index < -0.39 is 5.91 Å². The van der Waals surface area contributed by atoms with Gasteiger partial charge in [-0.25, -0.2) is 0 Å². The number of hydrogen-bond donors (Lipinski definition) is 3. The predicted octanol–water partition coefficient (Wildman–Crippen LogP) is 1.02. The van der Waals surface area contributed by atoms with Crippen LogP contribution in [0.1, 0.15) is 17.3 Å². The molecule has 0 saturated heterocycles. The fraction of sp³-hybridized carbons (Fsp3) is 0.273. The van der Waals surface area contributed by atoms with E-state index in [4.69, 9.17) is 0 Å². The Balaban J connectivity index is 2.61. The number of amides is 2. The first-order chi connectivity index (χ1) is 8.04. The Morgan fingerprint density at radius 1 is 1.35 bits per heavy atom. The first kappa shape index (κ1) is 13.5. The molecule has 0 bridgehead atoms. The average Bonchev–Trinajstić information content (AvgIpc) is 2.26. The van der Waals surface area contributed by atoms with Crippen molar-refractivity contribution in [3.05, 3.63) is 28.2 Å². The summed E-state index contributed by atoms with van der Waals surface area (Å²) >= 11 is 3.17. The summed E-state index contributed by atoms with van der Waals surface area (Å²) in [5, 5.41) is 14.5. The van der Waals surface area contributed by atoms with E-state index in [2.05, 4.69) is 26.6 Å². The maximum absolute atomic E-state index is 11.6. The highest BCUT2D eigenvalue weighted by Gasteiger charge is 2.11. The van der Waals surface area contributed by atoms with Crippen LogP contribution in [0.25, 0.3) is 0 Å². The van der Waals surface area contributed by atoms with Gasteiger partial charge >= 0.3 is 0 Å². The van der Waals surface area contributed by atoms with Gasteiger partial charge in [-0.3, -0.25) is 9.59 Å². The molecular weight excluding hydrogens is 288 g/mol. The van der Waals surface area contributed by atoms with Gasteiger partial charge in [-0.05, 0) is 25.1 Å². The Labute approximate surface area is 107 Å². The minimum atomic E-state index is -0.485. The summed E-state index contributed by atoms with van der Waals surface area (Å²) in [5.41, 5.74) is 0.137. The highest BCUT2D eigenvalue weighted by Crippen LogP contribution is 2.21. The number of nitrogens with one attached hydrogen (secondary N) is 2. The van der Waals surface area contributed by atoms with Crippen molar-refractivity contribution in [2.45, 2.75) is 6.92 Å². The van der Waals surface area contributed by atoms with Crippen LogP contribution < -0.4 is 10.6 Å². The van der Waals surface area contributed by atoms with Gasteiger partial charge in [-0.15, -0.1) is 0 Å². The minimum Gasteiger partial charge on any atom is -0.507 e. The molecule has 0 heterocycles. The molecule has 17 heavy (non-hydrogen) atoms. The molecule has 0 saturated carbocycles. The smallest absolute Gasteiger partial charge is 0.255 e. The van der Waals surface area contributed by atoms with Crippen molar-refractivity contribution in [3.63, 3.8) is 0 Å². The Hall–Kier alpha value is -1.56. The van der Waals surface area contributed by atoms with E-state index in [1.165, 1.54) is 12.1 Å². The van der Waals surface area contributed by atoms with Gasteiger partial charge in [-0.2, -0.15) is 0 Å².